The summed E-state index contributed by atoms with van der Waals surface area (Å²) in [6.07, 6.45) is 0. The second-order valence-corrected chi connectivity index (χ2v) is 10.4. The maximum absolute atomic E-state index is 2.49. The fourth-order valence-electron chi connectivity index (χ4n) is 2.74. The van der Waals surface area contributed by atoms with Gasteiger partial charge in [-0.05, 0) is 50.7 Å². The van der Waals surface area contributed by atoms with Crippen molar-refractivity contribution >= 4 is 0 Å². The SMILES string of the molecule is CC(C)C(C)(C)c1cc(C(C)(C)C(C)C)cc(C(C)(C)C(C)C)c1. The normalized spacial score (nSPS) is 14.1. The van der Waals surface area contributed by atoms with Crippen LogP contribution in [0.5, 0.6) is 0 Å². The van der Waals surface area contributed by atoms with Gasteiger partial charge in [-0.2, -0.15) is 0 Å². The van der Waals surface area contributed by atoms with Crippen molar-refractivity contribution in [2.45, 2.75) is 99.3 Å². The van der Waals surface area contributed by atoms with E-state index in [0.29, 0.717) is 17.8 Å². The molecule has 0 N–H and O–H groups in total. The van der Waals surface area contributed by atoms with Crippen molar-refractivity contribution in [2.75, 3.05) is 0 Å². The van der Waals surface area contributed by atoms with Crippen LogP contribution < -0.4 is 0 Å². The second-order valence-electron chi connectivity index (χ2n) is 10.4. The van der Waals surface area contributed by atoms with Gasteiger partial charge < -0.3 is 0 Å². The van der Waals surface area contributed by atoms with E-state index in [-0.39, 0.29) is 16.2 Å². The van der Waals surface area contributed by atoms with Gasteiger partial charge in [-0.3, -0.25) is 0 Å². The van der Waals surface area contributed by atoms with Crippen molar-refractivity contribution in [3.05, 3.63) is 34.9 Å². The molecule has 0 aliphatic heterocycles. The van der Waals surface area contributed by atoms with Crippen LogP contribution in [0.2, 0.25) is 0 Å². The van der Waals surface area contributed by atoms with Gasteiger partial charge in [0.25, 0.3) is 0 Å². The zero-order chi connectivity index (χ0) is 19.1. The fraction of sp³-hybridized carbons (Fsp3) is 0.750. The number of benzene rings is 1. The van der Waals surface area contributed by atoms with Crippen LogP contribution in [0.1, 0.15) is 99.8 Å². The molecule has 0 atom stereocenters. The van der Waals surface area contributed by atoms with E-state index in [1.54, 1.807) is 0 Å². The minimum Gasteiger partial charge on any atom is -0.0619 e. The second kappa shape index (κ2) is 6.85. The van der Waals surface area contributed by atoms with Gasteiger partial charge in [-0.15, -0.1) is 0 Å². The van der Waals surface area contributed by atoms with Crippen LogP contribution in [-0.4, -0.2) is 0 Å². The molecule has 0 amide bonds. The molecule has 1 aromatic carbocycles. The predicted octanol–water partition coefficient (Wildman–Crippen LogP) is 7.49. The lowest BCUT2D eigenvalue weighted by atomic mass is 9.67. The molecule has 0 fully saturated rings. The molecule has 0 saturated carbocycles. The van der Waals surface area contributed by atoms with E-state index in [4.69, 9.17) is 0 Å². The van der Waals surface area contributed by atoms with Crippen LogP contribution in [0, 0.1) is 17.8 Å². The molecular weight excluding hydrogens is 288 g/mol. The highest BCUT2D eigenvalue weighted by Crippen LogP contribution is 2.41. The first kappa shape index (κ1) is 21.3. The lowest BCUT2D eigenvalue weighted by Gasteiger charge is -2.38. The summed E-state index contributed by atoms with van der Waals surface area (Å²) >= 11 is 0. The molecule has 0 spiro atoms. The molecule has 0 heterocycles. The average Bonchev–Trinajstić information content (AvgIpc) is 2.46. The van der Waals surface area contributed by atoms with E-state index in [1.807, 2.05) is 0 Å². The fourth-order valence-corrected chi connectivity index (χ4v) is 2.74. The monoisotopic (exact) mass is 330 g/mol. The van der Waals surface area contributed by atoms with Gasteiger partial charge in [0.2, 0.25) is 0 Å². The average molecular weight is 331 g/mol. The first-order chi connectivity index (χ1) is 10.6. The Kier molecular flexibility index (Phi) is 6.07. The van der Waals surface area contributed by atoms with Gasteiger partial charge in [-0.25, -0.2) is 0 Å². The van der Waals surface area contributed by atoms with Crippen molar-refractivity contribution in [3.63, 3.8) is 0 Å². The maximum Gasteiger partial charge on any atom is -0.00804 e. The third-order valence-electron chi connectivity index (χ3n) is 7.50. The van der Waals surface area contributed by atoms with Crippen LogP contribution >= 0.6 is 0 Å². The molecule has 1 rings (SSSR count). The Morgan fingerprint density at radius 3 is 0.750 bits per heavy atom. The zero-order valence-electron chi connectivity index (χ0n) is 18.5. The molecule has 0 bridgehead atoms. The van der Waals surface area contributed by atoms with Crippen molar-refractivity contribution in [1.82, 2.24) is 0 Å². The van der Waals surface area contributed by atoms with E-state index in [9.17, 15) is 0 Å². The summed E-state index contributed by atoms with van der Waals surface area (Å²) in [5, 5.41) is 0. The highest BCUT2D eigenvalue weighted by molar-refractivity contribution is 5.41. The summed E-state index contributed by atoms with van der Waals surface area (Å²) in [5.74, 6) is 1.85. The molecule has 0 nitrogen and oxygen atoms in total. The quantitative estimate of drug-likeness (QED) is 0.507. The molecular formula is C24H42. The summed E-state index contributed by atoms with van der Waals surface area (Å²) in [4.78, 5) is 0. The Morgan fingerprint density at radius 2 is 0.625 bits per heavy atom. The topological polar surface area (TPSA) is 0 Å². The smallest absolute Gasteiger partial charge is 0.00804 e. The van der Waals surface area contributed by atoms with Gasteiger partial charge in [0, 0.05) is 0 Å². The van der Waals surface area contributed by atoms with Gasteiger partial charge in [-0.1, -0.05) is 101 Å². The third kappa shape index (κ3) is 3.89. The maximum atomic E-state index is 2.49. The Bertz CT molecular complexity index is 460. The van der Waals surface area contributed by atoms with Gasteiger partial charge in [0.15, 0.2) is 0 Å². The molecule has 0 unspecified atom stereocenters. The minimum absolute atomic E-state index is 0.185. The largest absolute Gasteiger partial charge is 0.0619 e. The number of hydrogen-bond donors (Lipinski definition) is 0. The molecule has 0 aromatic heterocycles. The highest BCUT2D eigenvalue weighted by Gasteiger charge is 2.33. The number of rotatable bonds is 6. The van der Waals surface area contributed by atoms with Gasteiger partial charge in [0.1, 0.15) is 0 Å². The minimum atomic E-state index is 0.185. The third-order valence-corrected chi connectivity index (χ3v) is 7.50. The Balaban J connectivity index is 3.70. The highest BCUT2D eigenvalue weighted by atomic mass is 14.4. The number of hydrogen-bond acceptors (Lipinski definition) is 0. The van der Waals surface area contributed by atoms with E-state index in [2.05, 4.69) is 101 Å². The predicted molar refractivity (Wildman–Crippen MR) is 110 cm³/mol. The van der Waals surface area contributed by atoms with Crippen molar-refractivity contribution in [1.29, 1.82) is 0 Å². The van der Waals surface area contributed by atoms with Gasteiger partial charge >= 0.3 is 0 Å². The Labute approximate surface area is 152 Å². The van der Waals surface area contributed by atoms with Crippen LogP contribution in [0.15, 0.2) is 18.2 Å². The summed E-state index contributed by atoms with van der Waals surface area (Å²) in [6, 6.07) is 7.46. The van der Waals surface area contributed by atoms with Crippen LogP contribution in [-0.2, 0) is 16.2 Å². The summed E-state index contributed by atoms with van der Waals surface area (Å²) < 4.78 is 0. The van der Waals surface area contributed by atoms with Crippen LogP contribution in [0.25, 0.3) is 0 Å². The molecule has 0 aliphatic rings. The summed E-state index contributed by atoms with van der Waals surface area (Å²) in [6.45, 7) is 28.4. The Hall–Kier alpha value is -0.780. The van der Waals surface area contributed by atoms with E-state index in [0.717, 1.165) is 0 Å². The lowest BCUT2D eigenvalue weighted by molar-refractivity contribution is 0.348. The Morgan fingerprint density at radius 1 is 0.458 bits per heavy atom. The zero-order valence-corrected chi connectivity index (χ0v) is 18.5. The van der Waals surface area contributed by atoms with Crippen LogP contribution in [0.4, 0.5) is 0 Å². The lowest BCUT2D eigenvalue weighted by Crippen LogP contribution is -2.31. The van der Waals surface area contributed by atoms with Crippen molar-refractivity contribution < 1.29 is 0 Å². The summed E-state index contributed by atoms with van der Waals surface area (Å²) in [7, 11) is 0. The molecule has 0 saturated heterocycles. The van der Waals surface area contributed by atoms with Crippen molar-refractivity contribution in [2.24, 2.45) is 17.8 Å². The van der Waals surface area contributed by atoms with Crippen molar-refractivity contribution in [3.8, 4) is 0 Å². The molecule has 138 valence electrons. The molecule has 1 aromatic rings. The first-order valence-corrected chi connectivity index (χ1v) is 9.81. The van der Waals surface area contributed by atoms with E-state index < -0.39 is 0 Å². The van der Waals surface area contributed by atoms with E-state index >= 15 is 0 Å². The molecule has 0 radical (unpaired) electrons. The van der Waals surface area contributed by atoms with Crippen LogP contribution in [0.3, 0.4) is 0 Å². The van der Waals surface area contributed by atoms with Gasteiger partial charge in [0.05, 0.1) is 0 Å². The van der Waals surface area contributed by atoms with E-state index in [1.165, 1.54) is 16.7 Å². The standard InChI is InChI=1S/C24H42/c1-16(2)22(7,8)19-13-20(23(9,10)17(3)4)15-21(14-19)24(11,12)18(5)6/h13-18H,1-12H3. The first-order valence-electron chi connectivity index (χ1n) is 9.81. The molecule has 0 aliphatic carbocycles. The molecule has 24 heavy (non-hydrogen) atoms. The molecule has 0 heteroatoms. The summed E-state index contributed by atoms with van der Waals surface area (Å²) in [5.41, 5.74) is 5.04.